The normalized spacial score (nSPS) is 11.7. The fourth-order valence-corrected chi connectivity index (χ4v) is 3.66. The maximum absolute atomic E-state index is 12.3. The lowest BCUT2D eigenvalue weighted by atomic mass is 10.1. The van der Waals surface area contributed by atoms with Gasteiger partial charge in [-0.2, -0.15) is 0 Å². The van der Waals surface area contributed by atoms with Gasteiger partial charge in [-0.15, -0.1) is 0 Å². The van der Waals surface area contributed by atoms with Crippen LogP contribution in [0.2, 0.25) is 5.02 Å². The van der Waals surface area contributed by atoms with Gasteiger partial charge in [-0.25, -0.2) is 8.42 Å². The van der Waals surface area contributed by atoms with Crippen molar-refractivity contribution in [2.24, 2.45) is 0 Å². The summed E-state index contributed by atoms with van der Waals surface area (Å²) < 4.78 is 24.7. The zero-order valence-corrected chi connectivity index (χ0v) is 13.2. The van der Waals surface area contributed by atoms with E-state index < -0.39 is 21.0 Å². The molecule has 0 saturated heterocycles. The van der Waals surface area contributed by atoms with Crippen molar-refractivity contribution in [3.63, 3.8) is 0 Å². The molecule has 23 heavy (non-hydrogen) atoms. The summed E-state index contributed by atoms with van der Waals surface area (Å²) in [5, 5.41) is 2.04. The lowest BCUT2D eigenvalue weighted by molar-refractivity contribution is 0.590. The van der Waals surface area contributed by atoms with Gasteiger partial charge in [0, 0.05) is 11.2 Å². The third kappa shape index (κ3) is 3.20. The first-order valence-corrected chi connectivity index (χ1v) is 8.61. The molecule has 0 aliphatic heterocycles. The van der Waals surface area contributed by atoms with Crippen molar-refractivity contribution in [3.8, 4) is 0 Å². The summed E-state index contributed by atoms with van der Waals surface area (Å²) in [6.45, 7) is 0. The van der Waals surface area contributed by atoms with E-state index in [1.54, 1.807) is 36.4 Å². The molecule has 0 aliphatic carbocycles. The number of halogens is 1. The van der Waals surface area contributed by atoms with Crippen LogP contribution in [0.3, 0.4) is 0 Å². The molecule has 1 aromatic heterocycles. The van der Waals surface area contributed by atoms with Crippen molar-refractivity contribution in [1.29, 1.82) is 0 Å². The zero-order chi connectivity index (χ0) is 16.6. The van der Waals surface area contributed by atoms with Gasteiger partial charge < -0.3 is 9.97 Å². The molecule has 2 aromatic carbocycles. The first-order valence-electron chi connectivity index (χ1n) is 6.58. The summed E-state index contributed by atoms with van der Waals surface area (Å²) in [6, 6.07) is 10.5. The molecule has 1 heterocycles. The molecule has 2 N–H and O–H groups in total. The average molecular weight is 351 g/mol. The Kier molecular flexibility index (Phi) is 3.83. The molecule has 0 fully saturated rings. The van der Waals surface area contributed by atoms with E-state index >= 15 is 0 Å². The Labute approximate surface area is 135 Å². The SMILES string of the molecule is O=c1[nH]cc(S(=O)(=O)Cc2ccc3cc(Cl)ccc3c2)[nH]c1=O. The molecular weight excluding hydrogens is 340 g/mol. The van der Waals surface area contributed by atoms with E-state index in [0.717, 1.165) is 17.0 Å². The minimum absolute atomic E-state index is 0.298. The summed E-state index contributed by atoms with van der Waals surface area (Å²) in [5.74, 6) is -0.298. The topological polar surface area (TPSA) is 99.9 Å². The van der Waals surface area contributed by atoms with Crippen molar-refractivity contribution in [2.75, 3.05) is 0 Å². The number of H-pyrrole nitrogens is 2. The molecule has 118 valence electrons. The van der Waals surface area contributed by atoms with Crippen molar-refractivity contribution in [1.82, 2.24) is 9.97 Å². The molecular formula is C15H11ClN2O4S. The largest absolute Gasteiger partial charge is 0.322 e. The number of hydrogen-bond donors (Lipinski definition) is 2. The van der Waals surface area contributed by atoms with E-state index in [9.17, 15) is 18.0 Å². The maximum Gasteiger partial charge on any atom is 0.314 e. The minimum Gasteiger partial charge on any atom is -0.322 e. The van der Waals surface area contributed by atoms with Crippen LogP contribution in [0.5, 0.6) is 0 Å². The Morgan fingerprint density at radius 1 is 0.957 bits per heavy atom. The second-order valence-electron chi connectivity index (χ2n) is 5.02. The van der Waals surface area contributed by atoms with Gasteiger partial charge in [0.25, 0.3) is 0 Å². The van der Waals surface area contributed by atoms with E-state index in [0.29, 0.717) is 10.6 Å². The van der Waals surface area contributed by atoms with Crippen molar-refractivity contribution >= 4 is 32.2 Å². The summed E-state index contributed by atoms with van der Waals surface area (Å²) in [7, 11) is -3.78. The van der Waals surface area contributed by atoms with Crippen LogP contribution in [0.1, 0.15) is 5.56 Å². The molecule has 3 aromatic rings. The van der Waals surface area contributed by atoms with Crippen LogP contribution in [-0.4, -0.2) is 18.4 Å². The van der Waals surface area contributed by atoms with E-state index in [2.05, 4.69) is 9.97 Å². The van der Waals surface area contributed by atoms with Gasteiger partial charge in [-0.3, -0.25) is 9.59 Å². The molecule has 8 heteroatoms. The lowest BCUT2D eigenvalue weighted by Gasteiger charge is -2.06. The monoisotopic (exact) mass is 350 g/mol. The molecule has 0 atom stereocenters. The third-order valence-electron chi connectivity index (χ3n) is 3.34. The number of aromatic nitrogens is 2. The molecule has 0 unspecified atom stereocenters. The van der Waals surface area contributed by atoms with Crippen molar-refractivity contribution in [2.45, 2.75) is 10.8 Å². The summed E-state index contributed by atoms with van der Waals surface area (Å²) in [6.07, 6.45) is 0.986. The second kappa shape index (κ2) is 5.68. The summed E-state index contributed by atoms with van der Waals surface area (Å²) in [5.41, 5.74) is -1.34. The quantitative estimate of drug-likeness (QED) is 0.704. The highest BCUT2D eigenvalue weighted by Gasteiger charge is 2.17. The van der Waals surface area contributed by atoms with Crippen molar-refractivity contribution in [3.05, 3.63) is 73.9 Å². The number of hydrogen-bond acceptors (Lipinski definition) is 4. The molecule has 6 nitrogen and oxygen atoms in total. The Morgan fingerprint density at radius 2 is 1.65 bits per heavy atom. The predicted molar refractivity (Wildman–Crippen MR) is 87.5 cm³/mol. The van der Waals surface area contributed by atoms with Crippen LogP contribution < -0.4 is 11.1 Å². The molecule has 0 spiro atoms. The lowest BCUT2D eigenvalue weighted by Crippen LogP contribution is -2.30. The van der Waals surface area contributed by atoms with Gasteiger partial charge in [0.2, 0.25) is 0 Å². The van der Waals surface area contributed by atoms with Crippen LogP contribution in [-0.2, 0) is 15.6 Å². The average Bonchev–Trinajstić information content (AvgIpc) is 2.49. The van der Waals surface area contributed by atoms with Crippen LogP contribution in [0.4, 0.5) is 0 Å². The highest BCUT2D eigenvalue weighted by atomic mass is 35.5. The van der Waals surface area contributed by atoms with Gasteiger partial charge >= 0.3 is 11.1 Å². The molecule has 0 amide bonds. The van der Waals surface area contributed by atoms with Crippen LogP contribution >= 0.6 is 11.6 Å². The number of nitrogens with one attached hydrogen (secondary N) is 2. The number of aromatic amines is 2. The first kappa shape index (κ1) is 15.5. The van der Waals surface area contributed by atoms with Gasteiger partial charge in [-0.05, 0) is 28.5 Å². The molecule has 0 aliphatic rings. The van der Waals surface area contributed by atoms with Crippen LogP contribution in [0.15, 0.2) is 57.2 Å². The van der Waals surface area contributed by atoms with Gasteiger partial charge in [-0.1, -0.05) is 35.9 Å². The first-order chi connectivity index (χ1) is 10.8. The summed E-state index contributed by atoms with van der Waals surface area (Å²) in [4.78, 5) is 26.5. The maximum atomic E-state index is 12.3. The van der Waals surface area contributed by atoms with E-state index in [1.165, 1.54) is 0 Å². The van der Waals surface area contributed by atoms with Gasteiger partial charge in [0.05, 0.1) is 5.75 Å². The Hall–Kier alpha value is -2.38. The molecule has 3 rings (SSSR count). The smallest absolute Gasteiger partial charge is 0.314 e. The molecule has 0 saturated carbocycles. The Balaban J connectivity index is 1.99. The van der Waals surface area contributed by atoms with Crippen LogP contribution in [0, 0.1) is 0 Å². The standard InChI is InChI=1S/C15H11ClN2O4S/c16-12-4-3-10-5-9(1-2-11(10)6-12)8-23(21,22)13-7-17-14(19)15(20)18-13/h1-7H,8H2,(H,17,19)(H,18,20). The van der Waals surface area contributed by atoms with Gasteiger partial charge in [0.1, 0.15) is 0 Å². The highest BCUT2D eigenvalue weighted by molar-refractivity contribution is 7.90. The highest BCUT2D eigenvalue weighted by Crippen LogP contribution is 2.22. The number of sulfone groups is 1. The van der Waals surface area contributed by atoms with Crippen molar-refractivity contribution < 1.29 is 8.42 Å². The van der Waals surface area contributed by atoms with E-state index in [4.69, 9.17) is 11.6 Å². The minimum atomic E-state index is -3.78. The Bertz CT molecular complexity index is 1120. The molecule has 0 radical (unpaired) electrons. The number of rotatable bonds is 3. The fourth-order valence-electron chi connectivity index (χ4n) is 2.22. The number of benzene rings is 2. The molecule has 0 bridgehead atoms. The zero-order valence-electron chi connectivity index (χ0n) is 11.7. The second-order valence-corrected chi connectivity index (χ2v) is 7.42. The number of fused-ring (bicyclic) bond motifs is 1. The van der Waals surface area contributed by atoms with E-state index in [1.807, 2.05) is 0 Å². The third-order valence-corrected chi connectivity index (χ3v) is 5.17. The Morgan fingerprint density at radius 3 is 2.39 bits per heavy atom. The fraction of sp³-hybridized carbons (Fsp3) is 0.0667. The summed E-state index contributed by atoms with van der Waals surface area (Å²) >= 11 is 5.91. The van der Waals surface area contributed by atoms with E-state index in [-0.39, 0.29) is 10.8 Å². The van der Waals surface area contributed by atoms with Crippen LogP contribution in [0.25, 0.3) is 10.8 Å². The predicted octanol–water partition coefficient (Wildman–Crippen LogP) is 1.84. The van der Waals surface area contributed by atoms with Gasteiger partial charge in [0.15, 0.2) is 14.9 Å².